The molecule has 10 heteroatoms. The Balaban J connectivity index is 1.44. The number of fused-ring (bicyclic) bond motifs is 1. The lowest BCUT2D eigenvalue weighted by atomic mass is 10.1. The van der Waals surface area contributed by atoms with Gasteiger partial charge in [0.15, 0.2) is 16.6 Å². The first-order valence-electron chi connectivity index (χ1n) is 8.28. The summed E-state index contributed by atoms with van der Waals surface area (Å²) in [5, 5.41) is 15.9. The number of hydrogen-bond acceptors (Lipinski definition) is 7. The molecule has 0 aliphatic carbocycles. The predicted octanol–water partition coefficient (Wildman–Crippen LogP) is 4.75. The highest BCUT2D eigenvalue weighted by Crippen LogP contribution is 2.36. The first-order chi connectivity index (χ1) is 14.0. The van der Waals surface area contributed by atoms with Gasteiger partial charge in [-0.15, -0.1) is 11.3 Å². The largest absolute Gasteiger partial charge is 0.454 e. The number of nitrogens with one attached hydrogen (secondary N) is 1. The highest BCUT2D eigenvalue weighted by Gasteiger charge is 2.15. The molecule has 0 atom stereocenters. The maximum Gasteiger partial charge on any atom is 0.288 e. The minimum atomic E-state index is -0.576. The molecule has 2 heterocycles. The number of carbonyl (C=O) groups excluding carboxylic acids is 1. The number of anilines is 1. The van der Waals surface area contributed by atoms with Crippen LogP contribution in [0.4, 0.5) is 10.8 Å². The molecule has 0 saturated heterocycles. The van der Waals surface area contributed by atoms with Crippen molar-refractivity contribution in [3.63, 3.8) is 0 Å². The van der Waals surface area contributed by atoms with Crippen LogP contribution < -0.4 is 14.8 Å². The second kappa shape index (κ2) is 7.90. The minimum absolute atomic E-state index is 0.0374. The van der Waals surface area contributed by atoms with E-state index >= 15 is 0 Å². The van der Waals surface area contributed by atoms with Crippen LogP contribution in [0.1, 0.15) is 5.56 Å². The number of amides is 1. The van der Waals surface area contributed by atoms with Crippen LogP contribution in [-0.4, -0.2) is 22.6 Å². The molecule has 0 radical (unpaired) electrons. The van der Waals surface area contributed by atoms with Crippen molar-refractivity contribution in [1.29, 1.82) is 0 Å². The van der Waals surface area contributed by atoms with Crippen molar-refractivity contribution >= 4 is 45.7 Å². The zero-order chi connectivity index (χ0) is 20.4. The summed E-state index contributed by atoms with van der Waals surface area (Å²) in [5.74, 6) is 0.931. The summed E-state index contributed by atoms with van der Waals surface area (Å²) in [6.45, 7) is 0.195. The third-order valence-corrected chi connectivity index (χ3v) is 5.07. The number of ether oxygens (including phenoxy) is 2. The summed E-state index contributed by atoms with van der Waals surface area (Å²) in [6.07, 6.45) is 2.74. The predicted molar refractivity (Wildman–Crippen MR) is 109 cm³/mol. The summed E-state index contributed by atoms with van der Waals surface area (Å²) in [4.78, 5) is 26.9. The fourth-order valence-electron chi connectivity index (χ4n) is 2.61. The molecule has 8 nitrogen and oxygen atoms in total. The maximum atomic E-state index is 12.1. The van der Waals surface area contributed by atoms with Crippen molar-refractivity contribution in [2.24, 2.45) is 0 Å². The van der Waals surface area contributed by atoms with Crippen LogP contribution in [0.25, 0.3) is 17.3 Å². The Morgan fingerprint density at radius 2 is 2.07 bits per heavy atom. The Labute approximate surface area is 173 Å². The monoisotopic (exact) mass is 429 g/mol. The first-order valence-corrected chi connectivity index (χ1v) is 9.54. The van der Waals surface area contributed by atoms with Crippen molar-refractivity contribution in [3.8, 4) is 22.8 Å². The smallest absolute Gasteiger partial charge is 0.288 e. The number of benzene rings is 2. The minimum Gasteiger partial charge on any atom is -0.454 e. The van der Waals surface area contributed by atoms with Crippen LogP contribution in [0.5, 0.6) is 11.5 Å². The van der Waals surface area contributed by atoms with Gasteiger partial charge >= 0.3 is 0 Å². The zero-order valence-corrected chi connectivity index (χ0v) is 16.2. The molecule has 0 bridgehead atoms. The molecule has 4 rings (SSSR count). The van der Waals surface area contributed by atoms with Gasteiger partial charge in [-0.05, 0) is 35.9 Å². The van der Waals surface area contributed by atoms with Gasteiger partial charge in [0.2, 0.25) is 12.7 Å². The Kier molecular flexibility index (Phi) is 5.15. The van der Waals surface area contributed by atoms with Crippen LogP contribution in [0.2, 0.25) is 5.02 Å². The number of halogens is 1. The molecular formula is C19H12ClN3O5S. The van der Waals surface area contributed by atoms with Crippen LogP contribution in [-0.2, 0) is 4.79 Å². The molecule has 1 aromatic heterocycles. The number of hydrogen-bond donors (Lipinski definition) is 1. The number of thiazole rings is 1. The Hall–Kier alpha value is -3.43. The zero-order valence-electron chi connectivity index (χ0n) is 14.6. The normalized spacial score (nSPS) is 12.3. The molecule has 29 heavy (non-hydrogen) atoms. The Morgan fingerprint density at radius 3 is 2.90 bits per heavy atom. The fourth-order valence-corrected chi connectivity index (χ4v) is 3.52. The van der Waals surface area contributed by atoms with E-state index in [1.165, 1.54) is 35.6 Å². The number of carbonyl (C=O) groups is 1. The molecule has 0 unspecified atom stereocenters. The van der Waals surface area contributed by atoms with E-state index < -0.39 is 10.8 Å². The molecule has 1 N–H and O–H groups in total. The topological polar surface area (TPSA) is 104 Å². The average Bonchev–Trinajstić information content (AvgIpc) is 3.35. The van der Waals surface area contributed by atoms with E-state index in [1.807, 2.05) is 23.6 Å². The summed E-state index contributed by atoms with van der Waals surface area (Å²) in [7, 11) is 0. The quantitative estimate of drug-likeness (QED) is 0.356. The SMILES string of the molecule is O=C(/C=C/c1ccc(Cl)c([N+](=O)[O-])c1)Nc1nc(-c2ccc3c(c2)OCO3)cs1. The number of nitrogens with zero attached hydrogens (tertiary/aromatic N) is 2. The van der Waals surface area contributed by atoms with E-state index in [-0.39, 0.29) is 17.5 Å². The summed E-state index contributed by atoms with van der Waals surface area (Å²) >= 11 is 7.06. The molecule has 1 amide bonds. The third kappa shape index (κ3) is 4.20. The Morgan fingerprint density at radius 1 is 1.24 bits per heavy atom. The number of rotatable bonds is 5. The van der Waals surface area contributed by atoms with Gasteiger partial charge in [0, 0.05) is 23.1 Å². The molecule has 0 fully saturated rings. The molecule has 3 aromatic rings. The van der Waals surface area contributed by atoms with Gasteiger partial charge in [0.1, 0.15) is 5.02 Å². The van der Waals surface area contributed by atoms with Gasteiger partial charge in [0.25, 0.3) is 5.69 Å². The number of aromatic nitrogens is 1. The molecule has 0 saturated carbocycles. The second-order valence-corrected chi connectivity index (χ2v) is 7.16. The fraction of sp³-hybridized carbons (Fsp3) is 0.0526. The first kappa shape index (κ1) is 18.9. The lowest BCUT2D eigenvalue weighted by Gasteiger charge is -2.00. The van der Waals surface area contributed by atoms with E-state index in [0.29, 0.717) is 27.9 Å². The molecule has 2 aromatic carbocycles. The number of nitro benzene ring substituents is 1. The average molecular weight is 430 g/mol. The highest BCUT2D eigenvalue weighted by atomic mass is 35.5. The molecule has 1 aliphatic rings. The van der Waals surface area contributed by atoms with Gasteiger partial charge in [-0.3, -0.25) is 20.2 Å². The van der Waals surface area contributed by atoms with Crippen LogP contribution >= 0.6 is 22.9 Å². The van der Waals surface area contributed by atoms with Crippen LogP contribution in [0.3, 0.4) is 0 Å². The van der Waals surface area contributed by atoms with E-state index in [0.717, 1.165) is 5.56 Å². The molecule has 146 valence electrons. The molecule has 0 spiro atoms. The summed E-state index contributed by atoms with van der Waals surface area (Å²) in [5.41, 5.74) is 1.80. The molecular weight excluding hydrogens is 418 g/mol. The lowest BCUT2D eigenvalue weighted by molar-refractivity contribution is -0.384. The summed E-state index contributed by atoms with van der Waals surface area (Å²) in [6, 6.07) is 9.80. The Bertz CT molecular complexity index is 1140. The van der Waals surface area contributed by atoms with Gasteiger partial charge < -0.3 is 9.47 Å². The highest BCUT2D eigenvalue weighted by molar-refractivity contribution is 7.14. The standard InChI is InChI=1S/C19H12ClN3O5S/c20-13-4-1-11(7-15(13)23(25)26)2-6-18(24)22-19-21-14(9-29-19)12-3-5-16-17(8-12)28-10-27-16/h1-9H,10H2,(H,21,22,24)/b6-2+. The third-order valence-electron chi connectivity index (χ3n) is 4.00. The van der Waals surface area contributed by atoms with Crippen LogP contribution in [0, 0.1) is 10.1 Å². The van der Waals surface area contributed by atoms with E-state index in [1.54, 1.807) is 6.07 Å². The van der Waals surface area contributed by atoms with Crippen molar-refractivity contribution in [2.45, 2.75) is 0 Å². The summed E-state index contributed by atoms with van der Waals surface area (Å²) < 4.78 is 10.6. The van der Waals surface area contributed by atoms with E-state index in [4.69, 9.17) is 21.1 Å². The van der Waals surface area contributed by atoms with Gasteiger partial charge in [-0.1, -0.05) is 17.7 Å². The van der Waals surface area contributed by atoms with Crippen molar-refractivity contribution in [3.05, 3.63) is 68.6 Å². The lowest BCUT2D eigenvalue weighted by Crippen LogP contribution is -2.07. The van der Waals surface area contributed by atoms with Crippen molar-refractivity contribution < 1.29 is 19.2 Å². The van der Waals surface area contributed by atoms with Gasteiger partial charge in [0.05, 0.1) is 10.6 Å². The van der Waals surface area contributed by atoms with Crippen molar-refractivity contribution in [1.82, 2.24) is 4.98 Å². The number of nitro groups is 1. The van der Waals surface area contributed by atoms with E-state index in [9.17, 15) is 14.9 Å². The molecule has 1 aliphatic heterocycles. The van der Waals surface area contributed by atoms with Crippen molar-refractivity contribution in [2.75, 3.05) is 12.1 Å². The van der Waals surface area contributed by atoms with E-state index in [2.05, 4.69) is 10.3 Å². The second-order valence-electron chi connectivity index (χ2n) is 5.90. The van der Waals surface area contributed by atoms with Gasteiger partial charge in [-0.2, -0.15) is 0 Å². The maximum absolute atomic E-state index is 12.1. The van der Waals surface area contributed by atoms with Gasteiger partial charge in [-0.25, -0.2) is 4.98 Å². The van der Waals surface area contributed by atoms with Crippen LogP contribution in [0.15, 0.2) is 47.9 Å².